The van der Waals surface area contributed by atoms with Gasteiger partial charge in [0.05, 0.1) is 6.54 Å². The number of rotatable bonds is 5. The van der Waals surface area contributed by atoms with Crippen LogP contribution in [-0.4, -0.2) is 18.2 Å². The van der Waals surface area contributed by atoms with Crippen molar-refractivity contribution in [3.05, 3.63) is 35.9 Å². The van der Waals surface area contributed by atoms with Crippen molar-refractivity contribution in [2.24, 2.45) is 5.41 Å². The fraction of sp³-hybridized carbons (Fsp3) is 0.429. The molecule has 1 aromatic carbocycles. The number of hydrogen-bond donors (Lipinski definition) is 1. The Morgan fingerprint density at radius 3 is 2.29 bits per heavy atom. The second-order valence-corrected chi connectivity index (χ2v) is 4.71. The maximum absolute atomic E-state index is 11.8. The van der Waals surface area contributed by atoms with E-state index in [-0.39, 0.29) is 18.2 Å². The lowest BCUT2D eigenvalue weighted by molar-refractivity contribution is -0.129. The average molecular weight is 233 g/mol. The number of amides is 1. The monoisotopic (exact) mass is 233 g/mol. The van der Waals surface area contributed by atoms with E-state index in [0.717, 1.165) is 6.42 Å². The molecule has 0 aliphatic rings. The Kier molecular flexibility index (Phi) is 4.44. The van der Waals surface area contributed by atoms with Gasteiger partial charge < -0.3 is 5.32 Å². The van der Waals surface area contributed by atoms with Crippen LogP contribution in [-0.2, 0) is 4.79 Å². The molecule has 0 unspecified atom stereocenters. The predicted octanol–water partition coefficient (Wildman–Crippen LogP) is 2.42. The second-order valence-electron chi connectivity index (χ2n) is 4.71. The van der Waals surface area contributed by atoms with E-state index in [1.165, 1.54) is 0 Å². The molecule has 1 N–H and O–H groups in total. The van der Waals surface area contributed by atoms with E-state index in [4.69, 9.17) is 0 Å². The van der Waals surface area contributed by atoms with E-state index in [1.807, 2.05) is 39.0 Å². The number of Topliss-reactive ketones (excluding diaryl/α,β-unsaturated/α-hetero) is 1. The first-order valence-corrected chi connectivity index (χ1v) is 5.84. The maximum atomic E-state index is 11.8. The molecule has 3 nitrogen and oxygen atoms in total. The van der Waals surface area contributed by atoms with Gasteiger partial charge in [-0.05, 0) is 6.42 Å². The zero-order chi connectivity index (χ0) is 12.9. The molecule has 1 amide bonds. The van der Waals surface area contributed by atoms with Gasteiger partial charge in [-0.2, -0.15) is 0 Å². The Balaban J connectivity index is 2.53. The van der Waals surface area contributed by atoms with Gasteiger partial charge in [0.1, 0.15) is 0 Å². The molecule has 92 valence electrons. The summed E-state index contributed by atoms with van der Waals surface area (Å²) >= 11 is 0. The van der Waals surface area contributed by atoms with Crippen molar-refractivity contribution in [1.82, 2.24) is 5.32 Å². The molecule has 3 heteroatoms. The third-order valence-corrected chi connectivity index (χ3v) is 3.00. The fourth-order valence-electron chi connectivity index (χ4n) is 1.29. The minimum absolute atomic E-state index is 0.0618. The molecule has 0 aromatic heterocycles. The van der Waals surface area contributed by atoms with Gasteiger partial charge in [0.2, 0.25) is 5.91 Å². The topological polar surface area (TPSA) is 46.2 Å². The number of ketones is 1. The van der Waals surface area contributed by atoms with Crippen LogP contribution >= 0.6 is 0 Å². The minimum atomic E-state index is -0.420. The van der Waals surface area contributed by atoms with Gasteiger partial charge in [0.25, 0.3) is 0 Å². The van der Waals surface area contributed by atoms with Gasteiger partial charge in [-0.25, -0.2) is 0 Å². The highest BCUT2D eigenvalue weighted by atomic mass is 16.2. The molecule has 0 spiro atoms. The normalized spacial score (nSPS) is 11.0. The van der Waals surface area contributed by atoms with E-state index in [0.29, 0.717) is 5.56 Å². The van der Waals surface area contributed by atoms with Crippen molar-refractivity contribution < 1.29 is 9.59 Å². The summed E-state index contributed by atoms with van der Waals surface area (Å²) < 4.78 is 0. The molecule has 0 radical (unpaired) electrons. The highest BCUT2D eigenvalue weighted by Gasteiger charge is 2.25. The summed E-state index contributed by atoms with van der Waals surface area (Å²) in [5.74, 6) is -0.143. The first-order chi connectivity index (χ1) is 7.97. The third-order valence-electron chi connectivity index (χ3n) is 3.00. The lowest BCUT2D eigenvalue weighted by atomic mass is 9.89. The average Bonchev–Trinajstić information content (AvgIpc) is 2.36. The molecule has 0 saturated heterocycles. The van der Waals surface area contributed by atoms with Gasteiger partial charge in [0, 0.05) is 11.0 Å². The summed E-state index contributed by atoms with van der Waals surface area (Å²) in [6.45, 7) is 5.76. The lowest BCUT2D eigenvalue weighted by Crippen LogP contribution is -2.39. The molecule has 1 aromatic rings. The predicted molar refractivity (Wildman–Crippen MR) is 67.9 cm³/mol. The Labute approximate surface area is 102 Å². The molecule has 1 rings (SSSR count). The number of benzene rings is 1. The third kappa shape index (κ3) is 3.70. The molecule has 0 atom stereocenters. The van der Waals surface area contributed by atoms with Crippen LogP contribution in [0.3, 0.4) is 0 Å². The van der Waals surface area contributed by atoms with Crippen LogP contribution in [0.5, 0.6) is 0 Å². The molecule has 0 saturated carbocycles. The van der Waals surface area contributed by atoms with Gasteiger partial charge in [0.15, 0.2) is 5.78 Å². The highest BCUT2D eigenvalue weighted by Crippen LogP contribution is 2.19. The van der Waals surface area contributed by atoms with Gasteiger partial charge in [-0.3, -0.25) is 9.59 Å². The van der Waals surface area contributed by atoms with Crippen molar-refractivity contribution in [3.63, 3.8) is 0 Å². The standard InChI is InChI=1S/C14H19NO2/c1-4-14(2,3)13(17)15-10-12(16)11-8-6-5-7-9-11/h5-9H,4,10H2,1-3H3,(H,15,17). The van der Waals surface area contributed by atoms with Gasteiger partial charge in [-0.15, -0.1) is 0 Å². The number of nitrogens with one attached hydrogen (secondary N) is 1. The zero-order valence-electron chi connectivity index (χ0n) is 10.6. The molecular weight excluding hydrogens is 214 g/mol. The first kappa shape index (κ1) is 13.4. The molecule has 0 heterocycles. The van der Waals surface area contributed by atoms with Crippen molar-refractivity contribution in [2.75, 3.05) is 6.54 Å². The first-order valence-electron chi connectivity index (χ1n) is 5.84. The Morgan fingerprint density at radius 1 is 1.18 bits per heavy atom. The Hall–Kier alpha value is -1.64. The second kappa shape index (κ2) is 5.62. The van der Waals surface area contributed by atoms with Crippen LogP contribution in [0.15, 0.2) is 30.3 Å². The Bertz CT molecular complexity index is 396. The highest BCUT2D eigenvalue weighted by molar-refractivity contribution is 5.99. The van der Waals surface area contributed by atoms with Crippen molar-refractivity contribution in [2.45, 2.75) is 27.2 Å². The van der Waals surface area contributed by atoms with Crippen LogP contribution in [0.1, 0.15) is 37.6 Å². The molecule has 0 aliphatic carbocycles. The largest absolute Gasteiger partial charge is 0.348 e. The smallest absolute Gasteiger partial charge is 0.226 e. The van der Waals surface area contributed by atoms with E-state index in [1.54, 1.807) is 12.1 Å². The quantitative estimate of drug-likeness (QED) is 0.794. The summed E-state index contributed by atoms with van der Waals surface area (Å²) in [5, 5.41) is 2.68. The van der Waals surface area contributed by atoms with Crippen molar-refractivity contribution in [1.29, 1.82) is 0 Å². The molecule has 0 fully saturated rings. The van der Waals surface area contributed by atoms with Gasteiger partial charge in [-0.1, -0.05) is 51.1 Å². The van der Waals surface area contributed by atoms with Gasteiger partial charge >= 0.3 is 0 Å². The Morgan fingerprint density at radius 2 is 1.76 bits per heavy atom. The molecule has 0 aliphatic heterocycles. The maximum Gasteiger partial charge on any atom is 0.226 e. The van der Waals surface area contributed by atoms with E-state index in [9.17, 15) is 9.59 Å². The SMILES string of the molecule is CCC(C)(C)C(=O)NCC(=O)c1ccccc1. The lowest BCUT2D eigenvalue weighted by Gasteiger charge is -2.21. The van der Waals surface area contributed by atoms with E-state index in [2.05, 4.69) is 5.32 Å². The summed E-state index contributed by atoms with van der Waals surface area (Å²) in [6.07, 6.45) is 0.748. The van der Waals surface area contributed by atoms with Crippen LogP contribution in [0, 0.1) is 5.41 Å². The van der Waals surface area contributed by atoms with Crippen molar-refractivity contribution >= 4 is 11.7 Å². The van der Waals surface area contributed by atoms with Crippen LogP contribution < -0.4 is 5.32 Å². The van der Waals surface area contributed by atoms with E-state index >= 15 is 0 Å². The molecule has 17 heavy (non-hydrogen) atoms. The number of carbonyl (C=O) groups is 2. The van der Waals surface area contributed by atoms with Crippen LogP contribution in [0.4, 0.5) is 0 Å². The van der Waals surface area contributed by atoms with Crippen LogP contribution in [0.2, 0.25) is 0 Å². The summed E-state index contributed by atoms with van der Waals surface area (Å²) in [5.41, 5.74) is 0.207. The zero-order valence-corrected chi connectivity index (χ0v) is 10.6. The minimum Gasteiger partial charge on any atom is -0.348 e. The number of carbonyl (C=O) groups excluding carboxylic acids is 2. The molecule has 0 bridgehead atoms. The van der Waals surface area contributed by atoms with E-state index < -0.39 is 5.41 Å². The summed E-state index contributed by atoms with van der Waals surface area (Å²) in [4.78, 5) is 23.5. The fourth-order valence-corrected chi connectivity index (χ4v) is 1.29. The summed E-state index contributed by atoms with van der Waals surface area (Å²) in [7, 11) is 0. The molecular formula is C14H19NO2. The van der Waals surface area contributed by atoms with Crippen LogP contribution in [0.25, 0.3) is 0 Å². The van der Waals surface area contributed by atoms with Crippen molar-refractivity contribution in [3.8, 4) is 0 Å². The summed E-state index contributed by atoms with van der Waals surface area (Å²) in [6, 6.07) is 8.98. The number of hydrogen-bond acceptors (Lipinski definition) is 2.